The van der Waals surface area contributed by atoms with Crippen molar-refractivity contribution in [1.82, 2.24) is 9.80 Å². The maximum Gasteiger partial charge on any atom is 0.416 e. The van der Waals surface area contributed by atoms with Crippen LogP contribution < -0.4 is 0 Å². The number of likely N-dealkylation sites (N-methyl/N-ethyl adjacent to an activating group) is 1. The smallest absolute Gasteiger partial charge is 0.304 e. The number of benzene rings is 1. The molecule has 1 aliphatic rings. The van der Waals surface area contributed by atoms with E-state index in [9.17, 15) is 13.2 Å². The Morgan fingerprint density at radius 1 is 1.24 bits per heavy atom. The lowest BCUT2D eigenvalue weighted by Gasteiger charge is -2.32. The Kier molecular flexibility index (Phi) is 5.11. The molecule has 0 spiro atoms. The molecule has 0 aromatic heterocycles. The predicted octanol–water partition coefficient (Wildman–Crippen LogP) is 3.19. The number of piperazine rings is 1. The topological polar surface area (TPSA) is 18.8 Å². The fourth-order valence-corrected chi connectivity index (χ4v) is 2.44. The van der Waals surface area contributed by atoms with Gasteiger partial charge < -0.3 is 4.90 Å². The fourth-order valence-electron chi connectivity index (χ4n) is 2.34. The van der Waals surface area contributed by atoms with Gasteiger partial charge in [0.15, 0.2) is 0 Å². The van der Waals surface area contributed by atoms with Gasteiger partial charge in [-0.15, -0.1) is 0 Å². The van der Waals surface area contributed by atoms with Crippen LogP contribution in [0.5, 0.6) is 0 Å². The summed E-state index contributed by atoms with van der Waals surface area (Å²) in [6.07, 6.45) is -4.39. The minimum absolute atomic E-state index is 0.180. The molecule has 114 valence electrons. The molecule has 1 saturated heterocycles. The zero-order valence-corrected chi connectivity index (χ0v) is 12.5. The average Bonchev–Trinajstić information content (AvgIpc) is 2.42. The molecule has 0 saturated carbocycles. The summed E-state index contributed by atoms with van der Waals surface area (Å²) in [5.41, 5.74) is -0.192. The van der Waals surface area contributed by atoms with E-state index in [4.69, 9.17) is 0 Å². The number of hydrogen-bond donors (Lipinski definition) is 0. The summed E-state index contributed by atoms with van der Waals surface area (Å²) in [6, 6.07) is 4.05. The Morgan fingerprint density at radius 3 is 2.48 bits per heavy atom. The van der Waals surface area contributed by atoms with Gasteiger partial charge in [-0.1, -0.05) is 6.07 Å². The van der Waals surface area contributed by atoms with Gasteiger partial charge in [-0.2, -0.15) is 18.2 Å². The van der Waals surface area contributed by atoms with Crippen molar-refractivity contribution < 1.29 is 13.2 Å². The molecule has 0 bridgehead atoms. The first-order valence-electron chi connectivity index (χ1n) is 6.59. The highest BCUT2D eigenvalue weighted by Gasteiger charge is 2.34. The van der Waals surface area contributed by atoms with Gasteiger partial charge in [0, 0.05) is 32.7 Å². The third kappa shape index (κ3) is 4.35. The second kappa shape index (κ2) is 6.66. The molecule has 0 atom stereocenters. The fraction of sp³-hybridized carbons (Fsp3) is 0.500. The van der Waals surface area contributed by atoms with E-state index >= 15 is 0 Å². The zero-order valence-electron chi connectivity index (χ0n) is 11.7. The molecule has 1 aliphatic heterocycles. The minimum Gasteiger partial charge on any atom is -0.304 e. The Balaban J connectivity index is 2.23. The number of aliphatic imine (C=N–C) groups is 1. The lowest BCUT2D eigenvalue weighted by Crippen LogP contribution is -2.44. The summed E-state index contributed by atoms with van der Waals surface area (Å²) in [4.78, 5) is 7.82. The number of nitrogens with zero attached hydrogens (tertiary/aromatic N) is 3. The number of halogens is 3. The second-order valence-electron chi connectivity index (χ2n) is 5.12. The molecule has 0 amide bonds. The van der Waals surface area contributed by atoms with E-state index in [1.165, 1.54) is 6.07 Å². The number of alkyl halides is 3. The normalized spacial score (nSPS) is 17.5. The molecule has 0 unspecified atom stereocenters. The van der Waals surface area contributed by atoms with Gasteiger partial charge in [-0.3, -0.25) is 4.90 Å². The van der Waals surface area contributed by atoms with Gasteiger partial charge in [-0.05, 0) is 37.0 Å². The quantitative estimate of drug-likeness (QED) is 0.630. The molecule has 0 aliphatic carbocycles. The molecule has 1 heterocycles. The van der Waals surface area contributed by atoms with E-state index < -0.39 is 11.7 Å². The lowest BCUT2D eigenvalue weighted by atomic mass is 10.0. The van der Waals surface area contributed by atoms with Gasteiger partial charge in [0.05, 0.1) is 16.4 Å². The Morgan fingerprint density at radius 2 is 1.90 bits per heavy atom. The first kappa shape index (κ1) is 16.1. The van der Waals surface area contributed by atoms with Crippen LogP contribution >= 0.6 is 12.2 Å². The maximum atomic E-state index is 13.2. The van der Waals surface area contributed by atoms with Crippen molar-refractivity contribution >= 4 is 23.1 Å². The van der Waals surface area contributed by atoms with Crippen LogP contribution in [0.1, 0.15) is 11.1 Å². The second-order valence-corrected chi connectivity index (χ2v) is 5.30. The monoisotopic (exact) mass is 315 g/mol. The van der Waals surface area contributed by atoms with Crippen molar-refractivity contribution in [3.8, 4) is 0 Å². The lowest BCUT2D eigenvalue weighted by molar-refractivity contribution is -0.138. The van der Waals surface area contributed by atoms with Crippen molar-refractivity contribution in [2.45, 2.75) is 12.7 Å². The maximum absolute atomic E-state index is 13.2. The van der Waals surface area contributed by atoms with Gasteiger partial charge in [0.1, 0.15) is 0 Å². The van der Waals surface area contributed by atoms with E-state index in [1.54, 1.807) is 6.07 Å². The molecule has 21 heavy (non-hydrogen) atoms. The van der Waals surface area contributed by atoms with Crippen LogP contribution in [-0.4, -0.2) is 48.2 Å². The number of thiocarbonyl (C=S) groups is 1. The highest BCUT2D eigenvalue weighted by atomic mass is 32.1. The average molecular weight is 315 g/mol. The Hall–Kier alpha value is -1.27. The van der Waals surface area contributed by atoms with Crippen LogP contribution in [0.25, 0.3) is 0 Å². The van der Waals surface area contributed by atoms with Gasteiger partial charge >= 0.3 is 6.18 Å². The molecule has 1 fully saturated rings. The third-order valence-corrected chi connectivity index (χ3v) is 3.65. The van der Waals surface area contributed by atoms with Crippen molar-refractivity contribution in [1.29, 1.82) is 0 Å². The SMILES string of the molecule is CN1CCN(Cc2ccc(N=C=S)cc2C(F)(F)F)CC1. The van der Waals surface area contributed by atoms with E-state index in [0.29, 0.717) is 6.54 Å². The van der Waals surface area contributed by atoms with Gasteiger partial charge in [0.25, 0.3) is 0 Å². The first-order valence-corrected chi connectivity index (χ1v) is 7.00. The molecule has 1 aromatic rings. The van der Waals surface area contributed by atoms with Crippen LogP contribution in [0.4, 0.5) is 18.9 Å². The van der Waals surface area contributed by atoms with Crippen molar-refractivity contribution in [3.05, 3.63) is 29.3 Å². The summed E-state index contributed by atoms with van der Waals surface area (Å²) in [7, 11) is 2.01. The van der Waals surface area contributed by atoms with Gasteiger partial charge in [-0.25, -0.2) is 0 Å². The van der Waals surface area contributed by atoms with Crippen molar-refractivity contribution in [2.24, 2.45) is 4.99 Å². The Labute approximate surface area is 127 Å². The highest BCUT2D eigenvalue weighted by Crippen LogP contribution is 2.35. The van der Waals surface area contributed by atoms with E-state index in [0.717, 1.165) is 32.2 Å². The van der Waals surface area contributed by atoms with Crippen LogP contribution in [0.3, 0.4) is 0 Å². The summed E-state index contributed by atoms with van der Waals surface area (Å²) < 4.78 is 39.5. The summed E-state index contributed by atoms with van der Waals surface area (Å²) in [5.74, 6) is 0. The highest BCUT2D eigenvalue weighted by molar-refractivity contribution is 7.78. The molecule has 3 nitrogen and oxygen atoms in total. The van der Waals surface area contributed by atoms with Crippen LogP contribution in [-0.2, 0) is 12.7 Å². The van der Waals surface area contributed by atoms with Gasteiger partial charge in [0.2, 0.25) is 0 Å². The van der Waals surface area contributed by atoms with Crippen LogP contribution in [0, 0.1) is 0 Å². The third-order valence-electron chi connectivity index (χ3n) is 3.56. The molecule has 0 N–H and O–H groups in total. The Bertz CT molecular complexity index is 545. The molecular formula is C14H16F3N3S. The molecule has 0 radical (unpaired) electrons. The van der Waals surface area contributed by atoms with Crippen molar-refractivity contribution in [3.63, 3.8) is 0 Å². The summed E-state index contributed by atoms with van der Waals surface area (Å²) in [5, 5.41) is 2.09. The zero-order chi connectivity index (χ0) is 15.5. The minimum atomic E-state index is -4.39. The summed E-state index contributed by atoms with van der Waals surface area (Å²) >= 11 is 4.43. The van der Waals surface area contributed by atoms with Crippen molar-refractivity contribution in [2.75, 3.05) is 33.2 Å². The standard InChI is InChI=1S/C14H16F3N3S/c1-19-4-6-20(7-5-19)9-11-2-3-12(18-10-21)8-13(11)14(15,16)17/h2-3,8H,4-7,9H2,1H3. The molecular weight excluding hydrogens is 299 g/mol. The van der Waals surface area contributed by atoms with E-state index in [1.807, 2.05) is 11.9 Å². The van der Waals surface area contributed by atoms with Crippen LogP contribution in [0.2, 0.25) is 0 Å². The number of hydrogen-bond acceptors (Lipinski definition) is 4. The molecule has 2 rings (SSSR count). The first-order chi connectivity index (χ1) is 9.90. The van der Waals surface area contributed by atoms with E-state index in [2.05, 4.69) is 27.3 Å². The molecule has 1 aromatic carbocycles. The predicted molar refractivity (Wildman–Crippen MR) is 78.9 cm³/mol. The number of rotatable bonds is 3. The molecule has 7 heteroatoms. The number of isothiocyanates is 1. The largest absolute Gasteiger partial charge is 0.416 e. The summed E-state index contributed by atoms with van der Waals surface area (Å²) in [6.45, 7) is 3.58. The van der Waals surface area contributed by atoms with Crippen LogP contribution in [0.15, 0.2) is 23.2 Å². The van der Waals surface area contributed by atoms with E-state index in [-0.39, 0.29) is 11.3 Å².